The number of rotatable bonds is 5. The predicted octanol–water partition coefficient (Wildman–Crippen LogP) is 4.29. The van der Waals surface area contributed by atoms with Gasteiger partial charge < -0.3 is 25.2 Å². The van der Waals surface area contributed by atoms with Crippen LogP contribution in [0, 0.1) is 39.9 Å². The molecule has 0 heterocycles. The van der Waals surface area contributed by atoms with Crippen LogP contribution in [0.3, 0.4) is 0 Å². The summed E-state index contributed by atoms with van der Waals surface area (Å²) in [6.45, 7) is 14.6. The molecule has 11 atom stereocenters. The van der Waals surface area contributed by atoms with Crippen LogP contribution in [-0.2, 0) is 4.74 Å². The third-order valence-corrected chi connectivity index (χ3v) is 11.3. The number of fused-ring (bicyclic) bond motifs is 5. The van der Waals surface area contributed by atoms with Crippen LogP contribution < -0.4 is 0 Å². The maximum absolute atomic E-state index is 11.4. The van der Waals surface area contributed by atoms with E-state index in [1.807, 2.05) is 13.8 Å². The van der Waals surface area contributed by atoms with Gasteiger partial charge in [0.2, 0.25) is 0 Å². The van der Waals surface area contributed by atoms with Crippen molar-refractivity contribution in [3.63, 3.8) is 0 Å². The lowest BCUT2D eigenvalue weighted by atomic mass is 9.42. The molecule has 0 aromatic heterocycles. The molecule has 4 fully saturated rings. The van der Waals surface area contributed by atoms with Crippen molar-refractivity contribution in [2.75, 3.05) is 0 Å². The first-order valence-corrected chi connectivity index (χ1v) is 13.6. The van der Waals surface area contributed by atoms with Crippen LogP contribution in [-0.4, -0.2) is 56.5 Å². The molecule has 0 saturated heterocycles. The van der Waals surface area contributed by atoms with Crippen LogP contribution in [0.15, 0.2) is 0 Å². The smallest absolute Gasteiger partial charge is 0.0898 e. The second kappa shape index (κ2) is 8.44. The summed E-state index contributed by atoms with van der Waals surface area (Å²) in [5, 5.41) is 44.2. The highest BCUT2D eigenvalue weighted by Crippen LogP contribution is 2.70. The minimum absolute atomic E-state index is 0.123. The van der Waals surface area contributed by atoms with Gasteiger partial charge in [0, 0.05) is 5.41 Å². The molecule has 0 aromatic carbocycles. The second-order valence-electron chi connectivity index (χ2n) is 13.8. The SMILES string of the molecule is CCC[C@H](O[C@H]1[C@@H](O)C[C@@]2(C)[C@@H]3C[C@H](O)C4C(CC[C@H](O)C4(C)C)C3CC[C@]12C)C(C)(C)O. The Hall–Kier alpha value is -0.200. The summed E-state index contributed by atoms with van der Waals surface area (Å²) in [6.07, 6.45) is 5.10. The largest absolute Gasteiger partial charge is 0.393 e. The van der Waals surface area contributed by atoms with Crippen LogP contribution in [0.4, 0.5) is 0 Å². The predicted molar refractivity (Wildman–Crippen MR) is 130 cm³/mol. The monoisotopic (exact) mass is 466 g/mol. The zero-order valence-electron chi connectivity index (χ0n) is 22.1. The minimum Gasteiger partial charge on any atom is -0.393 e. The molecular formula is C28H50O5. The number of hydrogen-bond acceptors (Lipinski definition) is 5. The van der Waals surface area contributed by atoms with Gasteiger partial charge >= 0.3 is 0 Å². The van der Waals surface area contributed by atoms with Crippen molar-refractivity contribution in [3.05, 3.63) is 0 Å². The molecule has 0 amide bonds. The first kappa shape index (κ1) is 25.9. The lowest BCUT2D eigenvalue weighted by Gasteiger charge is -2.64. The van der Waals surface area contributed by atoms with Crippen LogP contribution in [0.2, 0.25) is 0 Å². The molecule has 4 aliphatic carbocycles. The number of ether oxygens (including phenoxy) is 1. The molecule has 0 spiro atoms. The summed E-state index contributed by atoms with van der Waals surface area (Å²) >= 11 is 0. The fourth-order valence-corrected chi connectivity index (χ4v) is 9.23. The molecule has 3 unspecified atom stereocenters. The van der Waals surface area contributed by atoms with Gasteiger partial charge in [-0.05, 0) is 93.3 Å². The highest BCUT2D eigenvalue weighted by Gasteiger charge is 2.68. The number of aliphatic hydroxyl groups excluding tert-OH is 3. The van der Waals surface area contributed by atoms with Gasteiger partial charge in [-0.25, -0.2) is 0 Å². The lowest BCUT2D eigenvalue weighted by Crippen LogP contribution is -2.62. The molecular weight excluding hydrogens is 416 g/mol. The fraction of sp³-hybridized carbons (Fsp3) is 1.00. The molecule has 0 radical (unpaired) electrons. The van der Waals surface area contributed by atoms with Crippen molar-refractivity contribution in [1.29, 1.82) is 0 Å². The van der Waals surface area contributed by atoms with Gasteiger partial charge in [0.15, 0.2) is 0 Å². The molecule has 0 bridgehead atoms. The molecule has 5 nitrogen and oxygen atoms in total. The summed E-state index contributed by atoms with van der Waals surface area (Å²) in [5.74, 6) is 1.43. The second-order valence-corrected chi connectivity index (χ2v) is 13.8. The summed E-state index contributed by atoms with van der Waals surface area (Å²) in [4.78, 5) is 0. The van der Waals surface area contributed by atoms with E-state index in [1.54, 1.807) is 0 Å². The topological polar surface area (TPSA) is 90.2 Å². The number of hydrogen-bond donors (Lipinski definition) is 4. The van der Waals surface area contributed by atoms with Crippen molar-refractivity contribution in [2.45, 2.75) is 136 Å². The Kier molecular flexibility index (Phi) is 6.62. The molecule has 192 valence electrons. The van der Waals surface area contributed by atoms with Crippen molar-refractivity contribution in [2.24, 2.45) is 39.9 Å². The molecule has 4 N–H and O–H groups in total. The first-order chi connectivity index (χ1) is 15.2. The molecule has 0 aromatic rings. The minimum atomic E-state index is -0.953. The molecule has 4 saturated carbocycles. The summed E-state index contributed by atoms with van der Waals surface area (Å²) in [5.41, 5.74) is -1.54. The zero-order valence-corrected chi connectivity index (χ0v) is 22.1. The van der Waals surface area contributed by atoms with E-state index in [9.17, 15) is 20.4 Å². The van der Waals surface area contributed by atoms with Gasteiger partial charge in [0.05, 0.1) is 36.1 Å². The van der Waals surface area contributed by atoms with E-state index in [2.05, 4.69) is 34.6 Å². The Morgan fingerprint density at radius 3 is 2.21 bits per heavy atom. The third-order valence-electron chi connectivity index (χ3n) is 11.3. The van der Waals surface area contributed by atoms with E-state index >= 15 is 0 Å². The Labute approximate surface area is 201 Å². The van der Waals surface area contributed by atoms with E-state index in [0.717, 1.165) is 44.9 Å². The average molecular weight is 467 g/mol. The van der Waals surface area contributed by atoms with Crippen molar-refractivity contribution in [1.82, 2.24) is 0 Å². The van der Waals surface area contributed by atoms with Crippen molar-refractivity contribution >= 4 is 0 Å². The van der Waals surface area contributed by atoms with Crippen LogP contribution in [0.5, 0.6) is 0 Å². The summed E-state index contributed by atoms with van der Waals surface area (Å²) in [7, 11) is 0. The van der Waals surface area contributed by atoms with E-state index in [4.69, 9.17) is 4.74 Å². The van der Waals surface area contributed by atoms with Crippen LogP contribution >= 0.6 is 0 Å². The first-order valence-electron chi connectivity index (χ1n) is 13.6. The Bertz CT molecular complexity index is 716. The molecule has 4 aliphatic rings. The molecule has 33 heavy (non-hydrogen) atoms. The normalized spacial score (nSPS) is 50.3. The Morgan fingerprint density at radius 1 is 0.939 bits per heavy atom. The van der Waals surface area contributed by atoms with Gasteiger partial charge in [-0.2, -0.15) is 0 Å². The Morgan fingerprint density at radius 2 is 1.61 bits per heavy atom. The average Bonchev–Trinajstić information content (AvgIpc) is 2.89. The van der Waals surface area contributed by atoms with Crippen LogP contribution in [0.1, 0.15) is 99.8 Å². The van der Waals surface area contributed by atoms with E-state index in [-0.39, 0.29) is 40.5 Å². The Balaban J connectivity index is 1.64. The summed E-state index contributed by atoms with van der Waals surface area (Å²) < 4.78 is 6.63. The fourth-order valence-electron chi connectivity index (χ4n) is 9.23. The van der Waals surface area contributed by atoms with Crippen molar-refractivity contribution in [3.8, 4) is 0 Å². The van der Waals surface area contributed by atoms with Gasteiger partial charge in [-0.1, -0.05) is 41.0 Å². The van der Waals surface area contributed by atoms with Gasteiger partial charge in [-0.15, -0.1) is 0 Å². The van der Waals surface area contributed by atoms with Gasteiger partial charge in [0.25, 0.3) is 0 Å². The van der Waals surface area contributed by atoms with Gasteiger partial charge in [0.1, 0.15) is 0 Å². The highest BCUT2D eigenvalue weighted by molar-refractivity contribution is 5.17. The standard InChI is InChI=1S/C28H50O5/c1-8-9-22(26(4,5)32)33-24-20(30)15-28(7)18-14-19(29)23-17(10-11-21(31)25(23,2)3)16(18)12-13-27(24,28)6/h16-24,29-32H,8-15H2,1-7H3/t16?,17?,18-,19+,20+,21+,22+,23?,24+,27-,28+/m1/s1. The quantitative estimate of drug-likeness (QED) is 0.485. The van der Waals surface area contributed by atoms with E-state index in [0.29, 0.717) is 24.2 Å². The van der Waals surface area contributed by atoms with Crippen molar-refractivity contribution < 1.29 is 25.2 Å². The van der Waals surface area contributed by atoms with E-state index in [1.165, 1.54) is 0 Å². The summed E-state index contributed by atoms with van der Waals surface area (Å²) in [6, 6.07) is 0. The highest BCUT2D eigenvalue weighted by atomic mass is 16.5. The van der Waals surface area contributed by atoms with Crippen LogP contribution in [0.25, 0.3) is 0 Å². The zero-order chi connectivity index (χ0) is 24.6. The third kappa shape index (κ3) is 3.84. The lowest BCUT2D eigenvalue weighted by molar-refractivity contribution is -0.218. The molecule has 0 aliphatic heterocycles. The maximum atomic E-state index is 11.4. The van der Waals surface area contributed by atoms with E-state index < -0.39 is 17.8 Å². The maximum Gasteiger partial charge on any atom is 0.0898 e. The van der Waals surface area contributed by atoms with Gasteiger partial charge in [-0.3, -0.25) is 0 Å². The number of aliphatic hydroxyl groups is 4. The molecule has 5 heteroatoms. The molecule has 4 rings (SSSR count).